The number of thiazole rings is 1. The van der Waals surface area contributed by atoms with Gasteiger partial charge in [0.15, 0.2) is 0 Å². The van der Waals surface area contributed by atoms with Crippen LogP contribution < -0.4 is 5.73 Å². The summed E-state index contributed by atoms with van der Waals surface area (Å²) in [4.78, 5) is 4.65. The summed E-state index contributed by atoms with van der Waals surface area (Å²) in [7, 11) is 0. The van der Waals surface area contributed by atoms with Crippen molar-refractivity contribution in [3.8, 4) is 0 Å². The first-order chi connectivity index (χ1) is 9.00. The van der Waals surface area contributed by atoms with Crippen LogP contribution in [-0.2, 0) is 16.8 Å². The van der Waals surface area contributed by atoms with E-state index in [1.165, 1.54) is 19.3 Å². The Kier molecular flexibility index (Phi) is 4.98. The maximum absolute atomic E-state index is 5.85. The van der Waals surface area contributed by atoms with E-state index in [2.05, 4.69) is 31.1 Å². The van der Waals surface area contributed by atoms with E-state index < -0.39 is 0 Å². The first-order valence-corrected chi connectivity index (χ1v) is 8.11. The molecule has 4 heteroatoms. The van der Waals surface area contributed by atoms with E-state index in [1.54, 1.807) is 11.3 Å². The molecule has 1 heterocycles. The highest BCUT2D eigenvalue weighted by Gasteiger charge is 2.26. The Morgan fingerprint density at radius 3 is 2.74 bits per heavy atom. The Hall–Kier alpha value is -0.450. The van der Waals surface area contributed by atoms with Gasteiger partial charge in [-0.3, -0.25) is 0 Å². The summed E-state index contributed by atoms with van der Waals surface area (Å²) in [5, 5.41) is 3.24. The lowest BCUT2D eigenvalue weighted by Crippen LogP contribution is -2.22. The first kappa shape index (κ1) is 14.9. The fraction of sp³-hybridized carbons (Fsp3) is 0.800. The molecule has 1 saturated carbocycles. The van der Waals surface area contributed by atoms with E-state index >= 15 is 0 Å². The lowest BCUT2D eigenvalue weighted by atomic mass is 9.93. The molecule has 0 spiro atoms. The van der Waals surface area contributed by atoms with Crippen LogP contribution in [0.15, 0.2) is 5.38 Å². The van der Waals surface area contributed by atoms with Crippen molar-refractivity contribution in [2.24, 2.45) is 17.6 Å². The summed E-state index contributed by atoms with van der Waals surface area (Å²) >= 11 is 1.70. The smallest absolute Gasteiger partial charge is 0.119 e. The highest BCUT2D eigenvalue weighted by Crippen LogP contribution is 2.31. The van der Waals surface area contributed by atoms with Crippen molar-refractivity contribution in [3.05, 3.63) is 16.1 Å². The molecule has 0 radical (unpaired) electrons. The standard InChI is InChI=1S/C15H26N2OS/c1-15(2,3)13-10-19-14(17-13)9-18-8-12-6-4-5-11(12)7-16/h10-12H,4-9,16H2,1-3H3. The van der Waals surface area contributed by atoms with Crippen LogP contribution in [0.2, 0.25) is 0 Å². The summed E-state index contributed by atoms with van der Waals surface area (Å²) in [6, 6.07) is 0. The first-order valence-electron chi connectivity index (χ1n) is 7.23. The van der Waals surface area contributed by atoms with Crippen LogP contribution in [0.3, 0.4) is 0 Å². The van der Waals surface area contributed by atoms with Crippen LogP contribution in [0, 0.1) is 11.8 Å². The monoisotopic (exact) mass is 282 g/mol. The molecular weight excluding hydrogens is 256 g/mol. The molecule has 2 atom stereocenters. The number of hydrogen-bond acceptors (Lipinski definition) is 4. The Morgan fingerprint density at radius 1 is 1.37 bits per heavy atom. The molecule has 2 unspecified atom stereocenters. The van der Waals surface area contributed by atoms with Gasteiger partial charge in [0.1, 0.15) is 5.01 Å². The van der Waals surface area contributed by atoms with Gasteiger partial charge in [-0.15, -0.1) is 11.3 Å². The molecular formula is C15H26N2OS. The number of hydrogen-bond donors (Lipinski definition) is 1. The normalized spacial score (nSPS) is 24.0. The average molecular weight is 282 g/mol. The highest BCUT2D eigenvalue weighted by atomic mass is 32.1. The van der Waals surface area contributed by atoms with Crippen LogP contribution in [-0.4, -0.2) is 18.1 Å². The third-order valence-corrected chi connectivity index (χ3v) is 4.82. The molecule has 0 saturated heterocycles. The number of nitrogens with two attached hydrogens (primary N) is 1. The Morgan fingerprint density at radius 2 is 2.11 bits per heavy atom. The molecule has 1 aliphatic rings. The minimum atomic E-state index is 0.130. The van der Waals surface area contributed by atoms with Gasteiger partial charge >= 0.3 is 0 Å². The van der Waals surface area contributed by atoms with Crippen molar-refractivity contribution >= 4 is 11.3 Å². The van der Waals surface area contributed by atoms with Gasteiger partial charge in [0.2, 0.25) is 0 Å². The highest BCUT2D eigenvalue weighted by molar-refractivity contribution is 7.09. The van der Waals surface area contributed by atoms with Gasteiger partial charge in [0, 0.05) is 10.8 Å². The van der Waals surface area contributed by atoms with Crippen LogP contribution in [0.5, 0.6) is 0 Å². The molecule has 0 aromatic carbocycles. The third-order valence-electron chi connectivity index (χ3n) is 4.00. The predicted molar refractivity (Wildman–Crippen MR) is 80.4 cm³/mol. The maximum atomic E-state index is 5.85. The SMILES string of the molecule is CC(C)(C)c1csc(COCC2CCCC2CN)n1. The fourth-order valence-corrected chi connectivity index (χ4v) is 3.62. The van der Waals surface area contributed by atoms with Crippen LogP contribution in [0.1, 0.15) is 50.7 Å². The van der Waals surface area contributed by atoms with Gasteiger partial charge in [-0.05, 0) is 31.2 Å². The van der Waals surface area contributed by atoms with E-state index in [1.807, 2.05) is 0 Å². The lowest BCUT2D eigenvalue weighted by Gasteiger charge is -2.17. The quantitative estimate of drug-likeness (QED) is 0.901. The van der Waals surface area contributed by atoms with Gasteiger partial charge in [0.05, 0.1) is 18.9 Å². The minimum Gasteiger partial charge on any atom is -0.374 e. The molecule has 0 amide bonds. The summed E-state index contributed by atoms with van der Waals surface area (Å²) in [5.41, 5.74) is 7.09. The molecule has 19 heavy (non-hydrogen) atoms. The zero-order valence-electron chi connectivity index (χ0n) is 12.3. The summed E-state index contributed by atoms with van der Waals surface area (Å²) in [5.74, 6) is 1.33. The molecule has 108 valence electrons. The van der Waals surface area contributed by atoms with E-state index in [0.717, 1.165) is 23.9 Å². The molecule has 2 rings (SSSR count). The van der Waals surface area contributed by atoms with Crippen molar-refractivity contribution in [1.29, 1.82) is 0 Å². The molecule has 3 nitrogen and oxygen atoms in total. The van der Waals surface area contributed by atoms with Crippen molar-refractivity contribution in [1.82, 2.24) is 4.98 Å². The van der Waals surface area contributed by atoms with E-state index in [-0.39, 0.29) is 5.41 Å². The van der Waals surface area contributed by atoms with Crippen molar-refractivity contribution < 1.29 is 4.74 Å². The molecule has 0 aliphatic heterocycles. The van der Waals surface area contributed by atoms with Gasteiger partial charge in [-0.25, -0.2) is 4.98 Å². The zero-order valence-corrected chi connectivity index (χ0v) is 13.1. The molecule has 1 fully saturated rings. The topological polar surface area (TPSA) is 48.1 Å². The predicted octanol–water partition coefficient (Wildman–Crippen LogP) is 3.33. The second kappa shape index (κ2) is 6.33. The molecule has 0 bridgehead atoms. The maximum Gasteiger partial charge on any atom is 0.119 e. The summed E-state index contributed by atoms with van der Waals surface area (Å²) < 4.78 is 5.85. The summed E-state index contributed by atoms with van der Waals surface area (Å²) in [6.07, 6.45) is 3.85. The van der Waals surface area contributed by atoms with Crippen LogP contribution in [0.25, 0.3) is 0 Å². The number of nitrogens with zero attached hydrogens (tertiary/aromatic N) is 1. The molecule has 1 aliphatic carbocycles. The van der Waals surface area contributed by atoms with E-state index in [0.29, 0.717) is 18.4 Å². The zero-order chi connectivity index (χ0) is 13.9. The van der Waals surface area contributed by atoms with Gasteiger partial charge in [0.25, 0.3) is 0 Å². The van der Waals surface area contributed by atoms with Crippen LogP contribution >= 0.6 is 11.3 Å². The minimum absolute atomic E-state index is 0.130. The summed E-state index contributed by atoms with van der Waals surface area (Å²) in [6.45, 7) is 8.87. The Bertz CT molecular complexity index is 397. The number of rotatable bonds is 5. The molecule has 2 N–H and O–H groups in total. The second-order valence-corrected chi connectivity index (χ2v) is 7.52. The Balaban J connectivity index is 1.78. The largest absolute Gasteiger partial charge is 0.374 e. The second-order valence-electron chi connectivity index (χ2n) is 6.58. The van der Waals surface area contributed by atoms with Crippen molar-refractivity contribution in [2.75, 3.05) is 13.2 Å². The number of ether oxygens (including phenoxy) is 1. The third kappa shape index (κ3) is 4.01. The molecule has 1 aromatic heterocycles. The van der Waals surface area contributed by atoms with E-state index in [9.17, 15) is 0 Å². The van der Waals surface area contributed by atoms with E-state index in [4.69, 9.17) is 10.5 Å². The lowest BCUT2D eigenvalue weighted by molar-refractivity contribution is 0.0751. The van der Waals surface area contributed by atoms with Crippen LogP contribution in [0.4, 0.5) is 0 Å². The number of aromatic nitrogens is 1. The fourth-order valence-electron chi connectivity index (χ4n) is 2.66. The Labute approximate surface area is 120 Å². The van der Waals surface area contributed by atoms with Gasteiger partial charge < -0.3 is 10.5 Å². The van der Waals surface area contributed by atoms with Gasteiger partial charge in [-0.2, -0.15) is 0 Å². The molecule has 1 aromatic rings. The average Bonchev–Trinajstić information content (AvgIpc) is 2.96. The van der Waals surface area contributed by atoms with Crippen molar-refractivity contribution in [2.45, 2.75) is 52.1 Å². The van der Waals surface area contributed by atoms with Crippen molar-refractivity contribution in [3.63, 3.8) is 0 Å². The van der Waals surface area contributed by atoms with Gasteiger partial charge in [-0.1, -0.05) is 27.2 Å².